The van der Waals surface area contributed by atoms with Crippen LogP contribution in [0.5, 0.6) is 11.5 Å². The summed E-state index contributed by atoms with van der Waals surface area (Å²) in [6.45, 7) is 0.784. The van der Waals surface area contributed by atoms with Gasteiger partial charge in [0.1, 0.15) is 18.1 Å². The minimum Gasteiger partial charge on any atom is -0.496 e. The summed E-state index contributed by atoms with van der Waals surface area (Å²) in [7, 11) is 3.38. The number of methoxy groups -OCH3 is 1. The smallest absolute Gasteiger partial charge is 0.229 e. The number of halogens is 2. The third-order valence-electron chi connectivity index (χ3n) is 4.30. The summed E-state index contributed by atoms with van der Waals surface area (Å²) in [6.07, 6.45) is 0.617. The summed E-state index contributed by atoms with van der Waals surface area (Å²) in [5.74, 6) is 1.29. The monoisotopic (exact) mass is 379 g/mol. The summed E-state index contributed by atoms with van der Waals surface area (Å²) in [6, 6.07) is 10.9. The second-order valence-corrected chi connectivity index (χ2v) is 6.99. The Kier molecular flexibility index (Phi) is 5.40. The zero-order valence-electron chi connectivity index (χ0n) is 14.1. The second kappa shape index (κ2) is 7.54. The standard InChI is InChI=1S/C19H19Cl2NO3/c1-22(10-13-9-16(21)3-5-17(13)24-2)19(23)14-7-12-8-15(20)4-6-18(12)25-11-14/h3-6,8-9,14H,7,10-11H2,1-2H3/t14-/m1/s1. The maximum absolute atomic E-state index is 12.8. The first-order chi connectivity index (χ1) is 12.0. The molecular weight excluding hydrogens is 361 g/mol. The molecule has 0 radical (unpaired) electrons. The van der Waals surface area contributed by atoms with Crippen LogP contribution in [0, 0.1) is 5.92 Å². The van der Waals surface area contributed by atoms with Gasteiger partial charge in [-0.2, -0.15) is 0 Å². The molecule has 0 spiro atoms. The van der Waals surface area contributed by atoms with Gasteiger partial charge < -0.3 is 14.4 Å². The van der Waals surface area contributed by atoms with Crippen molar-refractivity contribution in [1.82, 2.24) is 4.90 Å². The van der Waals surface area contributed by atoms with Crippen LogP contribution >= 0.6 is 23.2 Å². The number of amides is 1. The number of hydrogen-bond donors (Lipinski definition) is 0. The molecule has 1 heterocycles. The van der Waals surface area contributed by atoms with Crippen LogP contribution < -0.4 is 9.47 Å². The lowest BCUT2D eigenvalue weighted by atomic mass is 9.95. The van der Waals surface area contributed by atoms with Gasteiger partial charge in [0, 0.05) is 29.2 Å². The average Bonchev–Trinajstić information content (AvgIpc) is 2.60. The van der Waals surface area contributed by atoms with Gasteiger partial charge in [-0.25, -0.2) is 0 Å². The molecule has 0 saturated heterocycles. The van der Waals surface area contributed by atoms with Crippen molar-refractivity contribution >= 4 is 29.1 Å². The number of hydrogen-bond acceptors (Lipinski definition) is 3. The van der Waals surface area contributed by atoms with Crippen LogP contribution in [0.25, 0.3) is 0 Å². The van der Waals surface area contributed by atoms with Gasteiger partial charge in [0.25, 0.3) is 0 Å². The van der Waals surface area contributed by atoms with Crippen molar-refractivity contribution in [3.05, 3.63) is 57.6 Å². The van der Waals surface area contributed by atoms with Gasteiger partial charge in [-0.3, -0.25) is 4.79 Å². The number of carbonyl (C=O) groups excluding carboxylic acids is 1. The van der Waals surface area contributed by atoms with E-state index in [0.717, 1.165) is 16.9 Å². The van der Waals surface area contributed by atoms with E-state index in [-0.39, 0.29) is 11.8 Å². The molecule has 0 fully saturated rings. The van der Waals surface area contributed by atoms with E-state index < -0.39 is 0 Å². The molecule has 0 N–H and O–H groups in total. The lowest BCUT2D eigenvalue weighted by Gasteiger charge is -2.28. The summed E-state index contributed by atoms with van der Waals surface area (Å²) in [5.41, 5.74) is 1.83. The van der Waals surface area contributed by atoms with Crippen LogP contribution in [-0.2, 0) is 17.8 Å². The highest BCUT2D eigenvalue weighted by Crippen LogP contribution is 2.31. The molecule has 25 heavy (non-hydrogen) atoms. The van der Waals surface area contributed by atoms with Crippen LogP contribution in [0.15, 0.2) is 36.4 Å². The Balaban J connectivity index is 1.72. The Morgan fingerprint density at radius 3 is 2.72 bits per heavy atom. The predicted octanol–water partition coefficient (Wildman–Crippen LogP) is 4.21. The molecule has 1 aliphatic heterocycles. The Hall–Kier alpha value is -1.91. The number of ether oxygens (including phenoxy) is 2. The van der Waals surface area contributed by atoms with Gasteiger partial charge in [0.05, 0.1) is 13.0 Å². The van der Waals surface area contributed by atoms with Crippen molar-refractivity contribution in [3.8, 4) is 11.5 Å². The van der Waals surface area contributed by atoms with E-state index in [0.29, 0.717) is 35.4 Å². The molecule has 1 aliphatic rings. The highest BCUT2D eigenvalue weighted by Gasteiger charge is 2.28. The fourth-order valence-electron chi connectivity index (χ4n) is 3.04. The molecule has 132 valence electrons. The van der Waals surface area contributed by atoms with Crippen LogP contribution in [0.1, 0.15) is 11.1 Å². The van der Waals surface area contributed by atoms with E-state index in [1.54, 1.807) is 37.3 Å². The summed E-state index contributed by atoms with van der Waals surface area (Å²) >= 11 is 12.1. The van der Waals surface area contributed by atoms with Crippen molar-refractivity contribution in [2.75, 3.05) is 20.8 Å². The van der Waals surface area contributed by atoms with E-state index in [1.165, 1.54) is 0 Å². The number of rotatable bonds is 4. The minimum absolute atomic E-state index is 0.0210. The van der Waals surface area contributed by atoms with Crippen LogP contribution in [-0.4, -0.2) is 31.6 Å². The van der Waals surface area contributed by atoms with Crippen LogP contribution in [0.4, 0.5) is 0 Å². The van der Waals surface area contributed by atoms with Crippen LogP contribution in [0.3, 0.4) is 0 Å². The first-order valence-electron chi connectivity index (χ1n) is 7.96. The van der Waals surface area contributed by atoms with Gasteiger partial charge in [0.2, 0.25) is 5.91 Å². The molecule has 3 rings (SSSR count). The topological polar surface area (TPSA) is 38.8 Å². The van der Waals surface area contributed by atoms with E-state index in [2.05, 4.69) is 0 Å². The molecule has 6 heteroatoms. The first-order valence-corrected chi connectivity index (χ1v) is 8.72. The fourth-order valence-corrected chi connectivity index (χ4v) is 3.43. The minimum atomic E-state index is -0.235. The lowest BCUT2D eigenvalue weighted by molar-refractivity contribution is -0.136. The summed E-state index contributed by atoms with van der Waals surface area (Å²) in [4.78, 5) is 14.5. The summed E-state index contributed by atoms with van der Waals surface area (Å²) < 4.78 is 11.1. The zero-order chi connectivity index (χ0) is 18.0. The highest BCUT2D eigenvalue weighted by molar-refractivity contribution is 6.31. The maximum atomic E-state index is 12.8. The highest BCUT2D eigenvalue weighted by atomic mass is 35.5. The molecule has 1 atom stereocenters. The molecule has 0 unspecified atom stereocenters. The van der Waals surface area contributed by atoms with E-state index in [1.807, 2.05) is 18.2 Å². The quantitative estimate of drug-likeness (QED) is 0.798. The SMILES string of the molecule is COc1ccc(Cl)cc1CN(C)C(=O)[C@H]1COc2ccc(Cl)cc2C1. The molecular formula is C19H19Cl2NO3. The van der Waals surface area contributed by atoms with Crippen LogP contribution in [0.2, 0.25) is 10.0 Å². The van der Waals surface area contributed by atoms with Gasteiger partial charge in [-0.1, -0.05) is 23.2 Å². The third-order valence-corrected chi connectivity index (χ3v) is 4.77. The molecule has 0 bridgehead atoms. The van der Waals surface area contributed by atoms with Crippen molar-refractivity contribution in [3.63, 3.8) is 0 Å². The predicted molar refractivity (Wildman–Crippen MR) is 98.6 cm³/mol. The zero-order valence-corrected chi connectivity index (χ0v) is 15.6. The number of benzene rings is 2. The number of nitrogens with zero attached hydrogens (tertiary/aromatic N) is 1. The second-order valence-electron chi connectivity index (χ2n) is 6.11. The van der Waals surface area contributed by atoms with Gasteiger partial charge >= 0.3 is 0 Å². The third kappa shape index (κ3) is 4.02. The Morgan fingerprint density at radius 1 is 1.24 bits per heavy atom. The molecule has 4 nitrogen and oxygen atoms in total. The maximum Gasteiger partial charge on any atom is 0.229 e. The Morgan fingerprint density at radius 2 is 1.96 bits per heavy atom. The summed E-state index contributed by atoms with van der Waals surface area (Å²) in [5, 5.41) is 1.26. The van der Waals surface area contributed by atoms with Crippen molar-refractivity contribution in [2.24, 2.45) is 5.92 Å². The number of carbonyl (C=O) groups is 1. The van der Waals surface area contributed by atoms with Crippen molar-refractivity contribution in [1.29, 1.82) is 0 Å². The molecule has 1 amide bonds. The van der Waals surface area contributed by atoms with E-state index in [9.17, 15) is 4.79 Å². The fraction of sp³-hybridized carbons (Fsp3) is 0.316. The van der Waals surface area contributed by atoms with Crippen molar-refractivity contribution < 1.29 is 14.3 Å². The van der Waals surface area contributed by atoms with E-state index >= 15 is 0 Å². The molecule has 0 aromatic heterocycles. The normalized spacial score (nSPS) is 15.9. The van der Waals surface area contributed by atoms with E-state index in [4.69, 9.17) is 32.7 Å². The molecule has 0 aliphatic carbocycles. The molecule has 2 aromatic rings. The first kappa shape index (κ1) is 17.9. The van der Waals surface area contributed by atoms with Crippen molar-refractivity contribution in [2.45, 2.75) is 13.0 Å². The largest absolute Gasteiger partial charge is 0.496 e. The van der Waals surface area contributed by atoms with Gasteiger partial charge in [-0.05, 0) is 48.4 Å². The average molecular weight is 380 g/mol. The molecule has 0 saturated carbocycles. The number of fused-ring (bicyclic) bond motifs is 1. The Labute approximate surface area is 157 Å². The van der Waals surface area contributed by atoms with Gasteiger partial charge in [-0.15, -0.1) is 0 Å². The Bertz CT molecular complexity index is 794. The molecule has 2 aromatic carbocycles. The lowest BCUT2D eigenvalue weighted by Crippen LogP contribution is -2.38. The van der Waals surface area contributed by atoms with Gasteiger partial charge in [0.15, 0.2) is 0 Å².